The minimum atomic E-state index is -0.240. The summed E-state index contributed by atoms with van der Waals surface area (Å²) in [5.74, 6) is -0.240. The van der Waals surface area contributed by atoms with Crippen LogP contribution in [-0.2, 0) is 13.5 Å². The van der Waals surface area contributed by atoms with Crippen LogP contribution in [0.3, 0.4) is 0 Å². The highest BCUT2D eigenvalue weighted by atomic mass is 32.2. The molecule has 1 aromatic carbocycles. The normalized spacial score (nSPS) is 10.8. The van der Waals surface area contributed by atoms with Gasteiger partial charge in [0.1, 0.15) is 10.8 Å². The Kier molecular flexibility index (Phi) is 3.38. The molecule has 2 rings (SSSR count). The third-order valence-corrected chi connectivity index (χ3v) is 3.71. The van der Waals surface area contributed by atoms with Crippen LogP contribution >= 0.6 is 11.8 Å². The van der Waals surface area contributed by atoms with Crippen molar-refractivity contribution >= 4 is 17.4 Å². The minimum absolute atomic E-state index is 0.240. The van der Waals surface area contributed by atoms with Crippen molar-refractivity contribution in [3.63, 3.8) is 0 Å². The summed E-state index contributed by atoms with van der Waals surface area (Å²) in [7, 11) is 1.82. The van der Waals surface area contributed by atoms with Gasteiger partial charge in [0, 0.05) is 11.9 Å². The Balaban J connectivity index is 2.37. The lowest BCUT2D eigenvalue weighted by molar-refractivity contribution is 0.601. The zero-order valence-corrected chi connectivity index (χ0v) is 10.6. The first kappa shape index (κ1) is 12.0. The molecule has 0 atom stereocenters. The molecule has 90 valence electrons. The molecule has 0 aliphatic carbocycles. The predicted octanol–water partition coefficient (Wildman–Crippen LogP) is 2.86. The number of nitrogens with zero attached hydrogens (tertiary/aromatic N) is 2. The maximum absolute atomic E-state index is 13.5. The highest BCUT2D eigenvalue weighted by Gasteiger charge is 2.14. The van der Waals surface area contributed by atoms with Crippen LogP contribution in [0.4, 0.5) is 10.1 Å². The lowest BCUT2D eigenvalue weighted by Crippen LogP contribution is -1.94. The Labute approximate surface area is 104 Å². The fourth-order valence-electron chi connectivity index (χ4n) is 1.59. The van der Waals surface area contributed by atoms with Crippen LogP contribution < -0.4 is 5.73 Å². The van der Waals surface area contributed by atoms with Crippen molar-refractivity contribution in [1.82, 2.24) is 9.78 Å². The second kappa shape index (κ2) is 4.79. The first-order valence-corrected chi connectivity index (χ1v) is 6.18. The molecule has 17 heavy (non-hydrogen) atoms. The molecule has 5 heteroatoms. The number of hydrogen-bond donors (Lipinski definition) is 1. The first-order chi connectivity index (χ1) is 8.13. The van der Waals surface area contributed by atoms with Crippen LogP contribution in [0.5, 0.6) is 0 Å². The quantitative estimate of drug-likeness (QED) is 0.912. The van der Waals surface area contributed by atoms with Gasteiger partial charge in [-0.2, -0.15) is 5.10 Å². The van der Waals surface area contributed by atoms with E-state index in [1.54, 1.807) is 22.9 Å². The van der Waals surface area contributed by atoms with Crippen LogP contribution in [0, 0.1) is 5.82 Å². The fourth-order valence-corrected chi connectivity index (χ4v) is 2.51. The number of halogens is 1. The van der Waals surface area contributed by atoms with Crippen molar-refractivity contribution in [2.45, 2.75) is 23.3 Å². The maximum Gasteiger partial charge on any atom is 0.137 e. The van der Waals surface area contributed by atoms with Crippen molar-refractivity contribution in [2.24, 2.45) is 7.05 Å². The van der Waals surface area contributed by atoms with Crippen LogP contribution in [0.25, 0.3) is 0 Å². The third-order valence-electron chi connectivity index (χ3n) is 2.48. The molecule has 3 nitrogen and oxygen atoms in total. The number of nitrogen functional groups attached to an aromatic ring is 1. The number of aryl methyl sites for hydroxylation is 2. The van der Waals surface area contributed by atoms with E-state index in [1.807, 2.05) is 14.0 Å². The lowest BCUT2D eigenvalue weighted by atomic mass is 10.3. The molecule has 0 spiro atoms. The van der Waals surface area contributed by atoms with Crippen LogP contribution in [-0.4, -0.2) is 9.78 Å². The van der Waals surface area contributed by atoms with Gasteiger partial charge in [0.15, 0.2) is 0 Å². The summed E-state index contributed by atoms with van der Waals surface area (Å²) < 4.78 is 15.2. The molecule has 0 saturated heterocycles. The van der Waals surface area contributed by atoms with Crippen molar-refractivity contribution in [3.05, 3.63) is 35.8 Å². The van der Waals surface area contributed by atoms with Crippen LogP contribution in [0.15, 0.2) is 34.2 Å². The zero-order valence-electron chi connectivity index (χ0n) is 9.77. The molecule has 1 heterocycles. The van der Waals surface area contributed by atoms with Crippen LogP contribution in [0.2, 0.25) is 0 Å². The van der Waals surface area contributed by atoms with Gasteiger partial charge in [-0.1, -0.05) is 30.8 Å². The summed E-state index contributed by atoms with van der Waals surface area (Å²) in [6.45, 7) is 2.00. The summed E-state index contributed by atoms with van der Waals surface area (Å²) in [4.78, 5) is 0.560. The van der Waals surface area contributed by atoms with E-state index in [0.717, 1.165) is 17.1 Å². The molecule has 0 saturated carbocycles. The standard InChI is InChI=1S/C12H14FN3S/c1-3-9-11(14)12(16(2)15-9)17-10-7-5-4-6-8(10)13/h4-7H,3,14H2,1-2H3. The van der Waals surface area contributed by atoms with Gasteiger partial charge < -0.3 is 5.73 Å². The Morgan fingerprint density at radius 2 is 2.12 bits per heavy atom. The summed E-state index contributed by atoms with van der Waals surface area (Å²) >= 11 is 1.30. The molecular formula is C12H14FN3S. The highest BCUT2D eigenvalue weighted by Crippen LogP contribution is 2.34. The van der Waals surface area contributed by atoms with Crippen molar-refractivity contribution in [3.8, 4) is 0 Å². The molecule has 1 aromatic heterocycles. The second-order valence-corrected chi connectivity index (χ2v) is 4.71. The number of benzene rings is 1. The molecular weight excluding hydrogens is 237 g/mol. The largest absolute Gasteiger partial charge is 0.395 e. The van der Waals surface area contributed by atoms with E-state index < -0.39 is 0 Å². The maximum atomic E-state index is 13.5. The van der Waals surface area contributed by atoms with E-state index in [9.17, 15) is 4.39 Å². The highest BCUT2D eigenvalue weighted by molar-refractivity contribution is 7.99. The minimum Gasteiger partial charge on any atom is -0.395 e. The van der Waals surface area contributed by atoms with Gasteiger partial charge in [0.25, 0.3) is 0 Å². The Bertz CT molecular complexity index is 537. The van der Waals surface area contributed by atoms with E-state index in [1.165, 1.54) is 17.8 Å². The number of anilines is 1. The summed E-state index contributed by atoms with van der Waals surface area (Å²) in [5.41, 5.74) is 7.48. The topological polar surface area (TPSA) is 43.8 Å². The van der Waals surface area contributed by atoms with Crippen molar-refractivity contribution in [1.29, 1.82) is 0 Å². The van der Waals surface area contributed by atoms with Gasteiger partial charge in [-0.25, -0.2) is 4.39 Å². The molecule has 0 bridgehead atoms. The predicted molar refractivity (Wildman–Crippen MR) is 67.5 cm³/mol. The van der Waals surface area contributed by atoms with Gasteiger partial charge in [-0.3, -0.25) is 4.68 Å². The Morgan fingerprint density at radius 3 is 2.71 bits per heavy atom. The summed E-state index contributed by atoms with van der Waals surface area (Å²) in [6, 6.07) is 6.65. The number of aromatic nitrogens is 2. The average Bonchev–Trinajstić information content (AvgIpc) is 2.59. The van der Waals surface area contributed by atoms with Gasteiger partial charge in [-0.05, 0) is 18.6 Å². The Hall–Kier alpha value is -1.49. The molecule has 0 radical (unpaired) electrons. The zero-order chi connectivity index (χ0) is 12.4. The molecule has 2 aromatic rings. The molecule has 2 N–H and O–H groups in total. The van der Waals surface area contributed by atoms with E-state index in [2.05, 4.69) is 5.10 Å². The van der Waals surface area contributed by atoms with Gasteiger partial charge in [0.2, 0.25) is 0 Å². The van der Waals surface area contributed by atoms with E-state index in [4.69, 9.17) is 5.73 Å². The number of nitrogens with two attached hydrogens (primary N) is 1. The van der Waals surface area contributed by atoms with Crippen LogP contribution in [0.1, 0.15) is 12.6 Å². The van der Waals surface area contributed by atoms with Gasteiger partial charge in [0.05, 0.1) is 11.4 Å². The monoisotopic (exact) mass is 251 g/mol. The van der Waals surface area contributed by atoms with E-state index in [0.29, 0.717) is 10.6 Å². The number of rotatable bonds is 3. The van der Waals surface area contributed by atoms with E-state index >= 15 is 0 Å². The van der Waals surface area contributed by atoms with Gasteiger partial charge >= 0.3 is 0 Å². The number of hydrogen-bond acceptors (Lipinski definition) is 3. The molecule has 0 aliphatic heterocycles. The van der Waals surface area contributed by atoms with Crippen molar-refractivity contribution in [2.75, 3.05) is 5.73 Å². The first-order valence-electron chi connectivity index (χ1n) is 5.37. The third kappa shape index (κ3) is 2.29. The molecule has 0 unspecified atom stereocenters. The summed E-state index contributed by atoms with van der Waals surface area (Å²) in [6.07, 6.45) is 0.775. The Morgan fingerprint density at radius 1 is 1.41 bits per heavy atom. The fraction of sp³-hybridized carbons (Fsp3) is 0.250. The molecule has 0 amide bonds. The smallest absolute Gasteiger partial charge is 0.137 e. The SMILES string of the molecule is CCc1nn(C)c(Sc2ccccc2F)c1N. The lowest BCUT2D eigenvalue weighted by Gasteiger charge is -2.04. The molecule has 0 aliphatic rings. The average molecular weight is 251 g/mol. The molecule has 0 fully saturated rings. The van der Waals surface area contributed by atoms with Crippen molar-refractivity contribution < 1.29 is 4.39 Å². The second-order valence-electron chi connectivity index (χ2n) is 3.68. The van der Waals surface area contributed by atoms with Gasteiger partial charge in [-0.15, -0.1) is 0 Å². The van der Waals surface area contributed by atoms with E-state index in [-0.39, 0.29) is 5.82 Å². The summed E-state index contributed by atoms with van der Waals surface area (Å²) in [5, 5.41) is 5.09.